The van der Waals surface area contributed by atoms with Gasteiger partial charge in [0.15, 0.2) is 0 Å². The van der Waals surface area contributed by atoms with Crippen LogP contribution in [0.2, 0.25) is 0 Å². The Bertz CT molecular complexity index is 621. The first-order chi connectivity index (χ1) is 9.11. The molecule has 0 bridgehead atoms. The molecule has 0 atom stereocenters. The summed E-state index contributed by atoms with van der Waals surface area (Å²) in [7, 11) is -3.38. The maximum absolute atomic E-state index is 11.5. The molecule has 0 unspecified atom stereocenters. The van der Waals surface area contributed by atoms with Gasteiger partial charge in [-0.05, 0) is 17.7 Å². The Hall–Kier alpha value is -1.21. The van der Waals surface area contributed by atoms with Crippen LogP contribution in [0, 0.1) is 0 Å². The predicted octanol–water partition coefficient (Wildman–Crippen LogP) is 2.36. The molecule has 0 radical (unpaired) electrons. The summed E-state index contributed by atoms with van der Waals surface area (Å²) in [5, 5.41) is 0. The van der Waals surface area contributed by atoms with Crippen LogP contribution >= 0.6 is 11.3 Å². The van der Waals surface area contributed by atoms with Gasteiger partial charge in [0.05, 0.1) is 0 Å². The van der Waals surface area contributed by atoms with Crippen molar-refractivity contribution in [3.8, 4) is 10.4 Å². The second-order valence-corrected chi connectivity index (χ2v) is 6.71. The van der Waals surface area contributed by atoms with E-state index in [-0.39, 0.29) is 0 Å². The van der Waals surface area contributed by atoms with Crippen molar-refractivity contribution in [2.24, 2.45) is 0 Å². The first-order valence-electron chi connectivity index (χ1n) is 5.99. The van der Waals surface area contributed by atoms with Crippen LogP contribution in [-0.4, -0.2) is 15.0 Å². The van der Waals surface area contributed by atoms with Gasteiger partial charge >= 0.3 is 0 Å². The van der Waals surface area contributed by atoms with Crippen LogP contribution in [0.1, 0.15) is 11.8 Å². The monoisotopic (exact) mass is 296 g/mol. The molecular weight excluding hydrogens is 280 g/mol. The van der Waals surface area contributed by atoms with E-state index in [9.17, 15) is 8.42 Å². The summed E-state index contributed by atoms with van der Waals surface area (Å²) >= 11 is 1.59. The van der Waals surface area contributed by atoms with E-state index in [1.807, 2.05) is 42.5 Å². The summed E-state index contributed by atoms with van der Waals surface area (Å²) in [6.45, 7) is 2.44. The van der Waals surface area contributed by atoms with Crippen LogP contribution in [0.15, 0.2) is 42.5 Å². The average molecular weight is 296 g/mol. The Morgan fingerprint density at radius 1 is 1.05 bits per heavy atom. The fourth-order valence-corrected chi connectivity index (χ4v) is 3.51. The standard InChI is InChI=1S/C13H16N2O2S2/c1-2-14-19(16,17)15-10-12-8-9-13(18-12)11-6-4-3-5-7-11/h3-9,14-15H,2,10H2,1H3. The molecule has 2 aromatic rings. The molecule has 0 aliphatic carbocycles. The molecule has 0 aliphatic rings. The fraction of sp³-hybridized carbons (Fsp3) is 0.231. The molecule has 0 fully saturated rings. The van der Waals surface area contributed by atoms with Crippen LogP contribution in [0.25, 0.3) is 10.4 Å². The van der Waals surface area contributed by atoms with Gasteiger partial charge in [-0.3, -0.25) is 0 Å². The third-order valence-electron chi connectivity index (χ3n) is 2.49. The molecule has 2 rings (SSSR count). The zero-order chi connectivity index (χ0) is 13.7. The zero-order valence-corrected chi connectivity index (χ0v) is 12.2. The summed E-state index contributed by atoms with van der Waals surface area (Å²) in [6, 6.07) is 14.0. The van der Waals surface area contributed by atoms with Gasteiger partial charge < -0.3 is 0 Å². The summed E-state index contributed by atoms with van der Waals surface area (Å²) in [5.41, 5.74) is 1.15. The number of benzene rings is 1. The highest BCUT2D eigenvalue weighted by atomic mass is 32.2. The van der Waals surface area contributed by atoms with Crippen LogP contribution in [0.5, 0.6) is 0 Å². The van der Waals surface area contributed by atoms with Crippen LogP contribution < -0.4 is 9.44 Å². The largest absolute Gasteiger partial charge is 0.277 e. The quantitative estimate of drug-likeness (QED) is 0.859. The van der Waals surface area contributed by atoms with Gasteiger partial charge in [-0.2, -0.15) is 13.1 Å². The predicted molar refractivity (Wildman–Crippen MR) is 79.2 cm³/mol. The Morgan fingerprint density at radius 3 is 2.47 bits per heavy atom. The number of hydrogen-bond acceptors (Lipinski definition) is 3. The van der Waals surface area contributed by atoms with Gasteiger partial charge in [-0.1, -0.05) is 37.3 Å². The summed E-state index contributed by atoms with van der Waals surface area (Å²) < 4.78 is 27.8. The molecule has 2 N–H and O–H groups in total. The third kappa shape index (κ3) is 4.14. The van der Waals surface area contributed by atoms with Gasteiger partial charge in [0.25, 0.3) is 10.2 Å². The van der Waals surface area contributed by atoms with Crippen molar-refractivity contribution >= 4 is 21.5 Å². The Balaban J connectivity index is 2.03. The number of rotatable bonds is 6. The van der Waals surface area contributed by atoms with E-state index in [2.05, 4.69) is 9.44 Å². The zero-order valence-electron chi connectivity index (χ0n) is 10.6. The number of hydrogen-bond donors (Lipinski definition) is 2. The highest BCUT2D eigenvalue weighted by molar-refractivity contribution is 7.87. The number of thiophene rings is 1. The third-order valence-corrected chi connectivity index (χ3v) is 4.82. The molecule has 6 heteroatoms. The normalized spacial score (nSPS) is 11.6. The Kier molecular flexibility index (Phi) is 4.71. The van der Waals surface area contributed by atoms with Crippen LogP contribution in [0.4, 0.5) is 0 Å². The molecule has 0 aliphatic heterocycles. The minimum absolute atomic E-state index is 0.312. The Labute approximate surface area is 117 Å². The van der Waals surface area contributed by atoms with Crippen molar-refractivity contribution in [1.29, 1.82) is 0 Å². The lowest BCUT2D eigenvalue weighted by Crippen LogP contribution is -2.35. The molecule has 0 saturated carbocycles. The first-order valence-corrected chi connectivity index (χ1v) is 8.29. The van der Waals surface area contributed by atoms with Gasteiger partial charge in [0.1, 0.15) is 0 Å². The molecule has 0 saturated heterocycles. The van der Waals surface area contributed by atoms with Gasteiger partial charge in [0, 0.05) is 22.8 Å². The smallest absolute Gasteiger partial charge is 0.203 e. The van der Waals surface area contributed by atoms with Crippen molar-refractivity contribution in [1.82, 2.24) is 9.44 Å². The van der Waals surface area contributed by atoms with Crippen molar-refractivity contribution in [3.05, 3.63) is 47.3 Å². The second-order valence-electron chi connectivity index (χ2n) is 3.95. The molecule has 1 aromatic carbocycles. The van der Waals surface area contributed by atoms with Gasteiger partial charge in [0.2, 0.25) is 0 Å². The maximum atomic E-state index is 11.5. The van der Waals surface area contributed by atoms with Crippen molar-refractivity contribution in [2.45, 2.75) is 13.5 Å². The molecule has 102 valence electrons. The average Bonchev–Trinajstić information content (AvgIpc) is 2.86. The number of nitrogens with one attached hydrogen (secondary N) is 2. The molecule has 0 amide bonds. The molecule has 19 heavy (non-hydrogen) atoms. The highest BCUT2D eigenvalue weighted by Gasteiger charge is 2.08. The molecule has 1 aromatic heterocycles. The summed E-state index contributed by atoms with van der Waals surface area (Å²) in [4.78, 5) is 2.12. The lowest BCUT2D eigenvalue weighted by atomic mass is 10.2. The fourth-order valence-electron chi connectivity index (χ4n) is 1.64. The maximum Gasteiger partial charge on any atom is 0.277 e. The van der Waals surface area contributed by atoms with E-state index < -0.39 is 10.2 Å². The van der Waals surface area contributed by atoms with E-state index >= 15 is 0 Å². The summed E-state index contributed by atoms with van der Waals surface area (Å²) in [6.07, 6.45) is 0. The van der Waals surface area contributed by atoms with Gasteiger partial charge in [-0.15, -0.1) is 11.3 Å². The van der Waals surface area contributed by atoms with Crippen molar-refractivity contribution < 1.29 is 8.42 Å². The van der Waals surface area contributed by atoms with E-state index in [0.717, 1.165) is 15.3 Å². The second kappa shape index (κ2) is 6.29. The van der Waals surface area contributed by atoms with E-state index in [4.69, 9.17) is 0 Å². The minimum Gasteiger partial charge on any atom is -0.203 e. The highest BCUT2D eigenvalue weighted by Crippen LogP contribution is 2.27. The molecular formula is C13H16N2O2S2. The Morgan fingerprint density at radius 2 is 1.79 bits per heavy atom. The van der Waals surface area contributed by atoms with E-state index in [0.29, 0.717) is 13.1 Å². The van der Waals surface area contributed by atoms with Crippen LogP contribution in [0.3, 0.4) is 0 Å². The molecule has 4 nitrogen and oxygen atoms in total. The summed E-state index contributed by atoms with van der Waals surface area (Å²) in [5.74, 6) is 0. The minimum atomic E-state index is -3.38. The van der Waals surface area contributed by atoms with E-state index in [1.165, 1.54) is 0 Å². The molecule has 1 heterocycles. The van der Waals surface area contributed by atoms with Crippen molar-refractivity contribution in [2.75, 3.05) is 6.54 Å². The van der Waals surface area contributed by atoms with Crippen LogP contribution in [-0.2, 0) is 16.8 Å². The van der Waals surface area contributed by atoms with Gasteiger partial charge in [-0.25, -0.2) is 4.72 Å². The molecule has 0 spiro atoms. The topological polar surface area (TPSA) is 58.2 Å². The van der Waals surface area contributed by atoms with Crippen molar-refractivity contribution in [3.63, 3.8) is 0 Å². The lowest BCUT2D eigenvalue weighted by Gasteiger charge is -2.04. The SMILES string of the molecule is CCNS(=O)(=O)NCc1ccc(-c2ccccc2)s1. The first kappa shape index (κ1) is 14.2. The van der Waals surface area contributed by atoms with E-state index in [1.54, 1.807) is 18.3 Å². The lowest BCUT2D eigenvalue weighted by molar-refractivity contribution is 0.569.